The molecule has 0 aliphatic carbocycles. The van der Waals surface area contributed by atoms with Crippen molar-refractivity contribution in [1.29, 1.82) is 0 Å². The maximum Gasteiger partial charge on any atom is 0.124 e. The number of rotatable bonds is 4. The molecule has 1 saturated heterocycles. The molecule has 5 heteroatoms. The fraction of sp³-hybridized carbons (Fsp3) is 0.571. The van der Waals surface area contributed by atoms with Gasteiger partial charge in [-0.1, -0.05) is 17.7 Å². The van der Waals surface area contributed by atoms with Crippen molar-refractivity contribution in [3.8, 4) is 5.75 Å². The van der Waals surface area contributed by atoms with Crippen LogP contribution in [0.2, 0.25) is 5.02 Å². The first-order chi connectivity index (χ1) is 8.61. The van der Waals surface area contributed by atoms with Gasteiger partial charge in [0, 0.05) is 29.7 Å². The molecule has 1 aromatic rings. The predicted octanol–water partition coefficient (Wildman–Crippen LogP) is 2.94. The molecule has 1 aliphatic heterocycles. The molecule has 1 aromatic carbocycles. The smallest absolute Gasteiger partial charge is 0.124 e. The van der Waals surface area contributed by atoms with E-state index in [1.54, 1.807) is 7.11 Å². The van der Waals surface area contributed by atoms with E-state index in [4.69, 9.17) is 22.1 Å². The summed E-state index contributed by atoms with van der Waals surface area (Å²) in [6.45, 7) is 5.06. The lowest BCUT2D eigenvalue weighted by Crippen LogP contribution is -2.29. The molecule has 1 heterocycles. The lowest BCUT2D eigenvalue weighted by Gasteiger charge is -2.20. The van der Waals surface area contributed by atoms with Gasteiger partial charge in [0.25, 0.3) is 0 Å². The Hall–Kier alpha value is -0.480. The molecule has 19 heavy (non-hydrogen) atoms. The molecule has 108 valence electrons. The SMILES string of the molecule is COc1cccc(Cl)c1CN1CCC(C(C)N)C1.Cl. The van der Waals surface area contributed by atoms with Crippen molar-refractivity contribution in [3.63, 3.8) is 0 Å². The Morgan fingerprint density at radius 2 is 2.26 bits per heavy atom. The van der Waals surface area contributed by atoms with E-state index in [-0.39, 0.29) is 18.4 Å². The quantitative estimate of drug-likeness (QED) is 0.929. The molecule has 2 atom stereocenters. The molecule has 0 amide bonds. The summed E-state index contributed by atoms with van der Waals surface area (Å²) in [6, 6.07) is 6.06. The Morgan fingerprint density at radius 3 is 2.84 bits per heavy atom. The topological polar surface area (TPSA) is 38.5 Å². The zero-order valence-corrected chi connectivity index (χ0v) is 13.0. The van der Waals surface area contributed by atoms with Crippen molar-refractivity contribution in [2.75, 3.05) is 20.2 Å². The third-order valence-electron chi connectivity index (χ3n) is 3.73. The molecule has 2 N–H and O–H groups in total. The summed E-state index contributed by atoms with van der Waals surface area (Å²) in [5, 5.41) is 0.776. The molecular formula is C14H22Cl2N2O. The van der Waals surface area contributed by atoms with Crippen LogP contribution in [-0.4, -0.2) is 31.1 Å². The van der Waals surface area contributed by atoms with Gasteiger partial charge in [0.15, 0.2) is 0 Å². The molecular weight excluding hydrogens is 283 g/mol. The number of methoxy groups -OCH3 is 1. The zero-order chi connectivity index (χ0) is 13.1. The molecule has 2 rings (SSSR count). The molecule has 3 nitrogen and oxygen atoms in total. The van der Waals surface area contributed by atoms with Crippen LogP contribution >= 0.6 is 24.0 Å². The van der Waals surface area contributed by atoms with Crippen LogP contribution in [0.25, 0.3) is 0 Å². The summed E-state index contributed by atoms with van der Waals surface area (Å²) in [4.78, 5) is 2.40. The van der Waals surface area contributed by atoms with Gasteiger partial charge in [0.05, 0.1) is 7.11 Å². The number of benzene rings is 1. The lowest BCUT2D eigenvalue weighted by molar-refractivity contribution is 0.301. The standard InChI is InChI=1S/C14H21ClN2O.ClH/c1-10(16)11-6-7-17(8-11)9-12-13(15)4-3-5-14(12)18-2;/h3-5,10-11H,6-9,16H2,1-2H3;1H. The fourth-order valence-corrected chi connectivity index (χ4v) is 2.77. The van der Waals surface area contributed by atoms with Crippen LogP contribution in [0.4, 0.5) is 0 Å². The first-order valence-electron chi connectivity index (χ1n) is 6.41. The van der Waals surface area contributed by atoms with Gasteiger partial charge in [0.2, 0.25) is 0 Å². The largest absolute Gasteiger partial charge is 0.496 e. The molecule has 0 radical (unpaired) electrons. The number of nitrogens with two attached hydrogens (primary N) is 1. The van der Waals surface area contributed by atoms with Gasteiger partial charge in [0.1, 0.15) is 5.75 Å². The highest BCUT2D eigenvalue weighted by Gasteiger charge is 2.26. The van der Waals surface area contributed by atoms with Gasteiger partial charge in [-0.25, -0.2) is 0 Å². The average Bonchev–Trinajstić information content (AvgIpc) is 2.80. The Kier molecular flexibility index (Phi) is 6.40. The van der Waals surface area contributed by atoms with Crippen LogP contribution in [0.1, 0.15) is 18.9 Å². The Balaban J connectivity index is 0.00000180. The maximum atomic E-state index is 6.25. The number of halogens is 2. The number of nitrogens with zero attached hydrogens (tertiary/aromatic N) is 1. The third-order valence-corrected chi connectivity index (χ3v) is 4.08. The average molecular weight is 305 g/mol. The van der Waals surface area contributed by atoms with Crippen LogP contribution in [-0.2, 0) is 6.54 Å². The Morgan fingerprint density at radius 1 is 1.53 bits per heavy atom. The normalized spacial score (nSPS) is 20.9. The van der Waals surface area contributed by atoms with Crippen molar-refractivity contribution in [2.24, 2.45) is 11.7 Å². The number of hydrogen-bond acceptors (Lipinski definition) is 3. The van der Waals surface area contributed by atoms with Gasteiger partial charge in [-0.05, 0) is 37.9 Å². The summed E-state index contributed by atoms with van der Waals surface area (Å²) < 4.78 is 5.37. The van der Waals surface area contributed by atoms with Crippen molar-refractivity contribution >= 4 is 24.0 Å². The summed E-state index contributed by atoms with van der Waals surface area (Å²) in [5.74, 6) is 1.46. The van der Waals surface area contributed by atoms with Crippen LogP contribution in [0, 0.1) is 5.92 Å². The fourth-order valence-electron chi connectivity index (χ4n) is 2.54. The van der Waals surface area contributed by atoms with Crippen LogP contribution in [0.15, 0.2) is 18.2 Å². The second kappa shape index (κ2) is 7.34. The van der Waals surface area contributed by atoms with E-state index in [0.717, 1.165) is 36.0 Å². The minimum atomic E-state index is 0. The lowest BCUT2D eigenvalue weighted by atomic mass is 10.0. The second-order valence-corrected chi connectivity index (χ2v) is 5.47. The van der Waals surface area contributed by atoms with E-state index >= 15 is 0 Å². The summed E-state index contributed by atoms with van der Waals surface area (Å²) in [5.41, 5.74) is 7.04. The number of hydrogen-bond donors (Lipinski definition) is 1. The van der Waals surface area contributed by atoms with Crippen LogP contribution in [0.3, 0.4) is 0 Å². The van der Waals surface area contributed by atoms with Gasteiger partial charge in [-0.3, -0.25) is 4.90 Å². The van der Waals surface area contributed by atoms with E-state index in [1.165, 1.54) is 6.42 Å². The minimum Gasteiger partial charge on any atom is -0.496 e. The number of likely N-dealkylation sites (tertiary alicyclic amines) is 1. The zero-order valence-electron chi connectivity index (χ0n) is 11.4. The van der Waals surface area contributed by atoms with Gasteiger partial charge >= 0.3 is 0 Å². The molecule has 0 bridgehead atoms. The Bertz CT molecular complexity index is 412. The van der Waals surface area contributed by atoms with Crippen molar-refractivity contribution in [1.82, 2.24) is 4.90 Å². The highest BCUT2D eigenvalue weighted by atomic mass is 35.5. The van der Waals surface area contributed by atoms with E-state index in [2.05, 4.69) is 11.8 Å². The minimum absolute atomic E-state index is 0. The second-order valence-electron chi connectivity index (χ2n) is 5.06. The van der Waals surface area contributed by atoms with Gasteiger partial charge in [-0.15, -0.1) is 12.4 Å². The monoisotopic (exact) mass is 304 g/mol. The first-order valence-corrected chi connectivity index (χ1v) is 6.79. The van der Waals surface area contributed by atoms with E-state index < -0.39 is 0 Å². The van der Waals surface area contributed by atoms with Crippen molar-refractivity contribution in [2.45, 2.75) is 25.9 Å². The summed E-state index contributed by atoms with van der Waals surface area (Å²) >= 11 is 6.25. The van der Waals surface area contributed by atoms with Crippen molar-refractivity contribution < 1.29 is 4.74 Å². The first kappa shape index (κ1) is 16.6. The van der Waals surface area contributed by atoms with E-state index in [9.17, 15) is 0 Å². The molecule has 0 spiro atoms. The molecule has 1 fully saturated rings. The summed E-state index contributed by atoms with van der Waals surface area (Å²) in [7, 11) is 1.68. The Labute approximate surface area is 126 Å². The van der Waals surface area contributed by atoms with Gasteiger partial charge < -0.3 is 10.5 Å². The summed E-state index contributed by atoms with van der Waals surface area (Å²) in [6.07, 6.45) is 1.17. The molecule has 0 aromatic heterocycles. The molecule has 1 aliphatic rings. The highest BCUT2D eigenvalue weighted by molar-refractivity contribution is 6.31. The van der Waals surface area contributed by atoms with Crippen molar-refractivity contribution in [3.05, 3.63) is 28.8 Å². The van der Waals surface area contributed by atoms with Gasteiger partial charge in [-0.2, -0.15) is 0 Å². The van der Waals surface area contributed by atoms with Crippen LogP contribution in [0.5, 0.6) is 5.75 Å². The number of ether oxygens (including phenoxy) is 1. The third kappa shape index (κ3) is 3.99. The maximum absolute atomic E-state index is 6.25. The van der Waals surface area contributed by atoms with E-state index in [0.29, 0.717) is 5.92 Å². The predicted molar refractivity (Wildman–Crippen MR) is 82.3 cm³/mol. The molecule has 0 saturated carbocycles. The highest BCUT2D eigenvalue weighted by Crippen LogP contribution is 2.29. The van der Waals surface area contributed by atoms with Crippen LogP contribution < -0.4 is 10.5 Å². The van der Waals surface area contributed by atoms with E-state index in [1.807, 2.05) is 18.2 Å². The molecule has 2 unspecified atom stereocenters.